The van der Waals surface area contributed by atoms with E-state index < -0.39 is 10.0 Å². The summed E-state index contributed by atoms with van der Waals surface area (Å²) in [7, 11) is -3.68. The second-order valence-corrected chi connectivity index (χ2v) is 10.1. The summed E-state index contributed by atoms with van der Waals surface area (Å²) in [5.41, 5.74) is 3.43. The highest BCUT2D eigenvalue weighted by Crippen LogP contribution is 2.28. The van der Waals surface area contributed by atoms with Crippen LogP contribution in [-0.2, 0) is 10.0 Å². The molecule has 0 aliphatic rings. The van der Waals surface area contributed by atoms with Crippen molar-refractivity contribution in [2.75, 3.05) is 4.72 Å². The van der Waals surface area contributed by atoms with Gasteiger partial charge in [0.2, 0.25) is 0 Å². The van der Waals surface area contributed by atoms with Crippen molar-refractivity contribution >= 4 is 44.3 Å². The number of hydrogen-bond acceptors (Lipinski definition) is 7. The van der Waals surface area contributed by atoms with Gasteiger partial charge in [-0.15, -0.1) is 21.5 Å². The number of nitrogens with zero attached hydrogens (tertiary/aromatic N) is 5. The molecule has 0 fully saturated rings. The van der Waals surface area contributed by atoms with Gasteiger partial charge in [-0.3, -0.25) is 9.71 Å². The van der Waals surface area contributed by atoms with Gasteiger partial charge in [0.1, 0.15) is 4.21 Å². The Hall–Kier alpha value is -3.34. The van der Waals surface area contributed by atoms with Crippen LogP contribution in [0.25, 0.3) is 28.3 Å². The van der Waals surface area contributed by atoms with Crippen LogP contribution in [0.5, 0.6) is 0 Å². The standard InChI is InChI=1S/C20H13ClN6O2S2/c21-17-6-8-19(30-17)31(28,29)26-15-3-1-13(2-4-15)16-5-7-18-23-24-20(27(18)25-16)14-9-11-22-12-10-14/h1-12,26H. The quantitative estimate of drug-likeness (QED) is 0.411. The molecule has 154 valence electrons. The minimum atomic E-state index is -3.68. The van der Waals surface area contributed by atoms with Crippen LogP contribution in [0.1, 0.15) is 0 Å². The van der Waals surface area contributed by atoms with Crippen molar-refractivity contribution in [2.45, 2.75) is 4.21 Å². The van der Waals surface area contributed by atoms with E-state index in [1.807, 2.05) is 24.3 Å². The number of thiophene rings is 1. The van der Waals surface area contributed by atoms with E-state index in [1.165, 1.54) is 6.07 Å². The zero-order chi connectivity index (χ0) is 21.4. The molecule has 5 rings (SSSR count). The number of halogens is 1. The first-order valence-corrected chi connectivity index (χ1v) is 11.7. The van der Waals surface area contributed by atoms with E-state index >= 15 is 0 Å². The molecule has 0 amide bonds. The number of rotatable bonds is 5. The largest absolute Gasteiger partial charge is 0.279 e. The lowest BCUT2D eigenvalue weighted by Crippen LogP contribution is -2.11. The highest BCUT2D eigenvalue weighted by Gasteiger charge is 2.17. The molecule has 8 nitrogen and oxygen atoms in total. The molecule has 0 bridgehead atoms. The molecule has 11 heteroatoms. The number of hydrogen-bond donors (Lipinski definition) is 1. The molecule has 1 N–H and O–H groups in total. The van der Waals surface area contributed by atoms with Crippen molar-refractivity contribution in [3.05, 3.63) is 77.4 Å². The Morgan fingerprint density at radius 2 is 1.65 bits per heavy atom. The van der Waals surface area contributed by atoms with Gasteiger partial charge in [0, 0.05) is 29.2 Å². The average Bonchev–Trinajstić information content (AvgIpc) is 3.41. The van der Waals surface area contributed by atoms with Crippen molar-refractivity contribution in [2.24, 2.45) is 0 Å². The Morgan fingerprint density at radius 1 is 0.871 bits per heavy atom. The molecule has 0 aliphatic carbocycles. The molecule has 0 aliphatic heterocycles. The fourth-order valence-electron chi connectivity index (χ4n) is 2.98. The second kappa shape index (κ2) is 7.73. The number of aromatic nitrogens is 5. The van der Waals surface area contributed by atoms with Gasteiger partial charge in [-0.2, -0.15) is 9.61 Å². The van der Waals surface area contributed by atoms with Crippen molar-refractivity contribution in [3.63, 3.8) is 0 Å². The zero-order valence-corrected chi connectivity index (χ0v) is 18.1. The van der Waals surface area contributed by atoms with Crippen LogP contribution < -0.4 is 4.72 Å². The molecule has 0 spiro atoms. The van der Waals surface area contributed by atoms with E-state index in [0.29, 0.717) is 27.2 Å². The van der Waals surface area contributed by atoms with Crippen molar-refractivity contribution in [1.82, 2.24) is 24.8 Å². The molecule has 4 aromatic heterocycles. The topological polar surface area (TPSA) is 102 Å². The molecule has 1 aromatic carbocycles. The fourth-order valence-corrected chi connectivity index (χ4v) is 5.52. The monoisotopic (exact) mass is 468 g/mol. The predicted molar refractivity (Wildman–Crippen MR) is 120 cm³/mol. The number of anilines is 1. The van der Waals surface area contributed by atoms with E-state index in [9.17, 15) is 8.42 Å². The summed E-state index contributed by atoms with van der Waals surface area (Å²) in [5.74, 6) is 0.609. The average molecular weight is 469 g/mol. The first-order valence-electron chi connectivity index (χ1n) is 9.01. The summed E-state index contributed by atoms with van der Waals surface area (Å²) < 4.78 is 29.7. The highest BCUT2D eigenvalue weighted by molar-refractivity contribution is 7.94. The normalized spacial score (nSPS) is 11.6. The van der Waals surface area contributed by atoms with Crippen molar-refractivity contribution in [3.8, 4) is 22.6 Å². The van der Waals surface area contributed by atoms with Crippen molar-refractivity contribution in [1.29, 1.82) is 0 Å². The maximum Gasteiger partial charge on any atom is 0.271 e. The van der Waals surface area contributed by atoms with Crippen LogP contribution in [-0.4, -0.2) is 33.2 Å². The highest BCUT2D eigenvalue weighted by atomic mass is 35.5. The zero-order valence-electron chi connectivity index (χ0n) is 15.7. The van der Waals surface area contributed by atoms with Crippen LogP contribution >= 0.6 is 22.9 Å². The Kier molecular flexibility index (Phi) is 4.89. The summed E-state index contributed by atoms with van der Waals surface area (Å²) in [6, 6.07) is 17.3. The summed E-state index contributed by atoms with van der Waals surface area (Å²) in [6.45, 7) is 0. The van der Waals surface area contributed by atoms with Gasteiger partial charge in [-0.25, -0.2) is 8.42 Å². The Labute approximate surface area is 186 Å². The third-order valence-corrected chi connectivity index (χ3v) is 7.55. The van der Waals surface area contributed by atoms with E-state index in [-0.39, 0.29) is 4.21 Å². The molecular weight excluding hydrogens is 456 g/mol. The van der Waals surface area contributed by atoms with E-state index in [2.05, 4.69) is 25.0 Å². The van der Waals surface area contributed by atoms with Gasteiger partial charge in [0.15, 0.2) is 11.5 Å². The summed E-state index contributed by atoms with van der Waals surface area (Å²) in [4.78, 5) is 4.02. The predicted octanol–water partition coefficient (Wildman–Crippen LogP) is 4.37. The van der Waals surface area contributed by atoms with Crippen LogP contribution in [0.2, 0.25) is 4.34 Å². The smallest absolute Gasteiger partial charge is 0.271 e. The second-order valence-electron chi connectivity index (χ2n) is 6.49. The van der Waals surface area contributed by atoms with Gasteiger partial charge >= 0.3 is 0 Å². The molecular formula is C20H13ClN6O2S2. The fraction of sp³-hybridized carbons (Fsp3) is 0. The number of sulfonamides is 1. The number of pyridine rings is 1. The number of nitrogens with one attached hydrogen (secondary N) is 1. The van der Waals surface area contributed by atoms with E-state index in [4.69, 9.17) is 11.6 Å². The Morgan fingerprint density at radius 3 is 2.35 bits per heavy atom. The molecule has 5 aromatic rings. The van der Waals surface area contributed by atoms with E-state index in [0.717, 1.165) is 22.5 Å². The minimum absolute atomic E-state index is 0.157. The third-order valence-electron chi connectivity index (χ3n) is 4.45. The molecule has 0 saturated carbocycles. The van der Waals surface area contributed by atoms with E-state index in [1.54, 1.807) is 47.2 Å². The van der Waals surface area contributed by atoms with Gasteiger partial charge in [-0.1, -0.05) is 23.7 Å². The summed E-state index contributed by atoms with van der Waals surface area (Å²) in [6.07, 6.45) is 3.37. The van der Waals surface area contributed by atoms with Gasteiger partial charge in [0.05, 0.1) is 10.0 Å². The summed E-state index contributed by atoms with van der Waals surface area (Å²) >= 11 is 6.85. The Balaban J connectivity index is 1.44. The van der Waals surface area contributed by atoms with Crippen LogP contribution in [0.4, 0.5) is 5.69 Å². The lowest BCUT2D eigenvalue weighted by Gasteiger charge is -2.08. The Bertz CT molecular complexity index is 1480. The number of benzene rings is 1. The molecule has 31 heavy (non-hydrogen) atoms. The SMILES string of the molecule is O=S(=O)(Nc1ccc(-c2ccc3nnc(-c4ccncc4)n3n2)cc1)c1ccc(Cl)s1. The first-order chi connectivity index (χ1) is 15.0. The van der Waals surface area contributed by atoms with Crippen molar-refractivity contribution < 1.29 is 8.42 Å². The molecule has 0 atom stereocenters. The van der Waals surface area contributed by atoms with Gasteiger partial charge in [0.25, 0.3) is 10.0 Å². The van der Waals surface area contributed by atoms with Crippen LogP contribution in [0.3, 0.4) is 0 Å². The van der Waals surface area contributed by atoms with Gasteiger partial charge in [-0.05, 0) is 48.5 Å². The number of fused-ring (bicyclic) bond motifs is 1. The summed E-state index contributed by atoms with van der Waals surface area (Å²) in [5, 5.41) is 13.0. The first kappa shape index (κ1) is 19.6. The third kappa shape index (κ3) is 3.88. The van der Waals surface area contributed by atoms with Gasteiger partial charge < -0.3 is 0 Å². The van der Waals surface area contributed by atoms with Crippen LogP contribution in [0, 0.1) is 0 Å². The lowest BCUT2D eigenvalue weighted by atomic mass is 10.1. The van der Waals surface area contributed by atoms with Crippen LogP contribution in [0.15, 0.2) is 77.3 Å². The molecule has 0 unspecified atom stereocenters. The minimum Gasteiger partial charge on any atom is -0.279 e. The molecule has 0 saturated heterocycles. The molecule has 0 radical (unpaired) electrons. The maximum absolute atomic E-state index is 12.5. The maximum atomic E-state index is 12.5. The lowest BCUT2D eigenvalue weighted by molar-refractivity contribution is 0.603. The molecule has 4 heterocycles.